The normalized spacial score (nSPS) is 29.7. The van der Waals surface area contributed by atoms with E-state index >= 15 is 0 Å². The number of likely N-dealkylation sites (N-methyl/N-ethyl adjacent to an activating group) is 1. The molecule has 2 rings (SSSR count). The standard InChI is InChI=1S/C11H21N3O/c1-12-4-6-13(7-5-12)8-11-2-3-14(9-11)10-15/h10-11H,2-9H2,1H3. The number of piperazine rings is 1. The number of likely N-dealkylation sites (tertiary alicyclic amines) is 1. The van der Waals surface area contributed by atoms with Crippen LogP contribution in [0.25, 0.3) is 0 Å². The quantitative estimate of drug-likeness (QED) is 0.600. The van der Waals surface area contributed by atoms with E-state index in [-0.39, 0.29) is 0 Å². The predicted octanol–water partition coefficient (Wildman–Crippen LogP) is -0.288. The van der Waals surface area contributed by atoms with Crippen LogP contribution < -0.4 is 0 Å². The fraction of sp³-hybridized carbons (Fsp3) is 0.909. The Morgan fingerprint density at radius 2 is 1.93 bits per heavy atom. The van der Waals surface area contributed by atoms with Gasteiger partial charge in [-0.1, -0.05) is 0 Å². The molecule has 2 aliphatic heterocycles. The van der Waals surface area contributed by atoms with Gasteiger partial charge in [0.05, 0.1) is 0 Å². The van der Waals surface area contributed by atoms with Crippen LogP contribution in [-0.2, 0) is 4.79 Å². The maximum absolute atomic E-state index is 10.6. The minimum absolute atomic E-state index is 0.707. The molecule has 2 fully saturated rings. The van der Waals surface area contributed by atoms with E-state index in [0.717, 1.165) is 19.5 Å². The van der Waals surface area contributed by atoms with Crippen molar-refractivity contribution in [1.82, 2.24) is 14.7 Å². The highest BCUT2D eigenvalue weighted by Gasteiger charge is 2.24. The van der Waals surface area contributed by atoms with Crippen molar-refractivity contribution in [2.75, 3.05) is 52.9 Å². The van der Waals surface area contributed by atoms with Crippen molar-refractivity contribution in [1.29, 1.82) is 0 Å². The molecule has 0 aromatic rings. The molecule has 2 saturated heterocycles. The molecular weight excluding hydrogens is 190 g/mol. The van der Waals surface area contributed by atoms with Gasteiger partial charge in [-0.15, -0.1) is 0 Å². The molecule has 1 amide bonds. The molecule has 0 aromatic heterocycles. The third-order valence-corrected chi connectivity index (χ3v) is 3.58. The highest BCUT2D eigenvalue weighted by atomic mass is 16.1. The summed E-state index contributed by atoms with van der Waals surface area (Å²) in [5, 5.41) is 0. The maximum Gasteiger partial charge on any atom is 0.209 e. The van der Waals surface area contributed by atoms with Gasteiger partial charge >= 0.3 is 0 Å². The highest BCUT2D eigenvalue weighted by molar-refractivity contribution is 5.47. The van der Waals surface area contributed by atoms with Crippen LogP contribution in [0.4, 0.5) is 0 Å². The van der Waals surface area contributed by atoms with Gasteiger partial charge in [0.2, 0.25) is 6.41 Å². The van der Waals surface area contributed by atoms with Gasteiger partial charge in [-0.25, -0.2) is 0 Å². The largest absolute Gasteiger partial charge is 0.345 e. The van der Waals surface area contributed by atoms with E-state index in [2.05, 4.69) is 16.8 Å². The van der Waals surface area contributed by atoms with Crippen molar-refractivity contribution in [3.63, 3.8) is 0 Å². The highest BCUT2D eigenvalue weighted by Crippen LogP contribution is 2.16. The number of amides is 1. The van der Waals surface area contributed by atoms with Gasteiger partial charge in [0, 0.05) is 45.8 Å². The molecule has 1 atom stereocenters. The molecule has 0 N–H and O–H groups in total. The van der Waals surface area contributed by atoms with E-state index in [1.807, 2.05) is 4.90 Å². The van der Waals surface area contributed by atoms with E-state index < -0.39 is 0 Å². The van der Waals surface area contributed by atoms with Crippen LogP contribution in [0.15, 0.2) is 0 Å². The van der Waals surface area contributed by atoms with Gasteiger partial charge in [-0.05, 0) is 19.4 Å². The molecule has 0 aromatic carbocycles. The average molecular weight is 211 g/mol. The van der Waals surface area contributed by atoms with Crippen LogP contribution in [-0.4, -0.2) is 74.0 Å². The summed E-state index contributed by atoms with van der Waals surface area (Å²) < 4.78 is 0. The number of carbonyl (C=O) groups is 1. The van der Waals surface area contributed by atoms with Gasteiger partial charge in [0.25, 0.3) is 0 Å². The summed E-state index contributed by atoms with van der Waals surface area (Å²) in [5.41, 5.74) is 0. The Hall–Kier alpha value is -0.610. The Balaban J connectivity index is 1.71. The van der Waals surface area contributed by atoms with E-state index in [4.69, 9.17) is 0 Å². The van der Waals surface area contributed by atoms with E-state index in [1.54, 1.807) is 0 Å². The number of hydrogen-bond donors (Lipinski definition) is 0. The van der Waals surface area contributed by atoms with Crippen LogP contribution in [0, 0.1) is 5.92 Å². The molecule has 4 nitrogen and oxygen atoms in total. The van der Waals surface area contributed by atoms with Crippen molar-refractivity contribution in [2.24, 2.45) is 5.92 Å². The number of rotatable bonds is 3. The van der Waals surface area contributed by atoms with E-state index in [9.17, 15) is 4.79 Å². The molecule has 2 heterocycles. The molecule has 15 heavy (non-hydrogen) atoms. The zero-order valence-corrected chi connectivity index (χ0v) is 9.56. The lowest BCUT2D eigenvalue weighted by Gasteiger charge is -2.33. The fourth-order valence-electron chi connectivity index (χ4n) is 2.50. The van der Waals surface area contributed by atoms with Crippen molar-refractivity contribution in [3.8, 4) is 0 Å². The second-order valence-electron chi connectivity index (χ2n) is 4.86. The van der Waals surface area contributed by atoms with E-state index in [1.165, 1.54) is 39.1 Å². The number of nitrogens with zero attached hydrogens (tertiary/aromatic N) is 3. The molecule has 1 unspecified atom stereocenters. The second kappa shape index (κ2) is 4.94. The minimum Gasteiger partial charge on any atom is -0.345 e. The molecule has 0 spiro atoms. The summed E-state index contributed by atoms with van der Waals surface area (Å²) in [4.78, 5) is 17.4. The molecular formula is C11H21N3O. The lowest BCUT2D eigenvalue weighted by atomic mass is 10.1. The van der Waals surface area contributed by atoms with Gasteiger partial charge in [0.1, 0.15) is 0 Å². The SMILES string of the molecule is CN1CCN(CC2CCN(C=O)C2)CC1. The monoisotopic (exact) mass is 211 g/mol. The van der Waals surface area contributed by atoms with Crippen molar-refractivity contribution in [2.45, 2.75) is 6.42 Å². The minimum atomic E-state index is 0.707. The Kier molecular flexibility index (Phi) is 3.59. The summed E-state index contributed by atoms with van der Waals surface area (Å²) in [5.74, 6) is 0.707. The second-order valence-corrected chi connectivity index (χ2v) is 4.86. The lowest BCUT2D eigenvalue weighted by Crippen LogP contribution is -2.46. The third kappa shape index (κ3) is 2.92. The summed E-state index contributed by atoms with van der Waals surface area (Å²) in [6.45, 7) is 7.85. The lowest BCUT2D eigenvalue weighted by molar-refractivity contribution is -0.117. The Bertz CT molecular complexity index is 214. The van der Waals surface area contributed by atoms with Gasteiger partial charge in [-0.3, -0.25) is 4.79 Å². The number of hydrogen-bond acceptors (Lipinski definition) is 3. The van der Waals surface area contributed by atoms with E-state index in [0.29, 0.717) is 5.92 Å². The fourth-order valence-corrected chi connectivity index (χ4v) is 2.50. The van der Waals surface area contributed by atoms with Crippen LogP contribution in [0.1, 0.15) is 6.42 Å². The van der Waals surface area contributed by atoms with Crippen LogP contribution in [0.3, 0.4) is 0 Å². The molecule has 86 valence electrons. The van der Waals surface area contributed by atoms with Crippen LogP contribution in [0.5, 0.6) is 0 Å². The Morgan fingerprint density at radius 3 is 2.53 bits per heavy atom. The summed E-state index contributed by atoms with van der Waals surface area (Å²) in [6.07, 6.45) is 2.18. The third-order valence-electron chi connectivity index (χ3n) is 3.58. The molecule has 0 bridgehead atoms. The van der Waals surface area contributed by atoms with Crippen LogP contribution >= 0.6 is 0 Å². The van der Waals surface area contributed by atoms with Crippen molar-refractivity contribution in [3.05, 3.63) is 0 Å². The molecule has 4 heteroatoms. The molecule has 0 radical (unpaired) electrons. The van der Waals surface area contributed by atoms with Gasteiger partial charge < -0.3 is 14.7 Å². The molecule has 0 saturated carbocycles. The topological polar surface area (TPSA) is 26.8 Å². The summed E-state index contributed by atoms with van der Waals surface area (Å²) >= 11 is 0. The first-order chi connectivity index (χ1) is 7.28. The Labute approximate surface area is 91.8 Å². The molecule has 0 aliphatic carbocycles. The zero-order valence-electron chi connectivity index (χ0n) is 9.56. The Morgan fingerprint density at radius 1 is 1.20 bits per heavy atom. The zero-order chi connectivity index (χ0) is 10.7. The number of carbonyl (C=O) groups excluding carboxylic acids is 1. The summed E-state index contributed by atoms with van der Waals surface area (Å²) in [7, 11) is 2.18. The average Bonchev–Trinajstić information content (AvgIpc) is 2.69. The summed E-state index contributed by atoms with van der Waals surface area (Å²) in [6, 6.07) is 0. The smallest absolute Gasteiger partial charge is 0.209 e. The predicted molar refractivity (Wildman–Crippen MR) is 59.7 cm³/mol. The van der Waals surface area contributed by atoms with Gasteiger partial charge in [-0.2, -0.15) is 0 Å². The van der Waals surface area contributed by atoms with Crippen molar-refractivity contribution >= 4 is 6.41 Å². The first-order valence-corrected chi connectivity index (χ1v) is 5.88. The van der Waals surface area contributed by atoms with Gasteiger partial charge in [0.15, 0.2) is 0 Å². The maximum atomic E-state index is 10.6. The van der Waals surface area contributed by atoms with Crippen molar-refractivity contribution < 1.29 is 4.79 Å². The first kappa shape index (κ1) is 10.9. The molecule has 2 aliphatic rings. The van der Waals surface area contributed by atoms with Crippen LogP contribution in [0.2, 0.25) is 0 Å². The first-order valence-electron chi connectivity index (χ1n) is 5.88.